The minimum Gasteiger partial charge on any atom is -0.396 e. The van der Waals surface area contributed by atoms with Crippen LogP contribution in [0.5, 0.6) is 0 Å². The van der Waals surface area contributed by atoms with Crippen molar-refractivity contribution in [3.8, 4) is 0 Å². The predicted molar refractivity (Wildman–Crippen MR) is 71.2 cm³/mol. The second-order valence-corrected chi connectivity index (χ2v) is 5.12. The van der Waals surface area contributed by atoms with Gasteiger partial charge < -0.3 is 15.7 Å². The van der Waals surface area contributed by atoms with Gasteiger partial charge in [-0.05, 0) is 31.2 Å². The van der Waals surface area contributed by atoms with Crippen molar-refractivity contribution in [1.82, 2.24) is 14.7 Å². The smallest absolute Gasteiger partial charge is 0.239 e. The molecule has 19 heavy (non-hydrogen) atoms. The highest BCUT2D eigenvalue weighted by atomic mass is 16.3. The van der Waals surface area contributed by atoms with Gasteiger partial charge in [0.2, 0.25) is 5.91 Å². The van der Waals surface area contributed by atoms with E-state index in [4.69, 9.17) is 10.8 Å². The fraction of sp³-hybridized carbons (Fsp3) is 0.692. The minimum absolute atomic E-state index is 0.0172. The van der Waals surface area contributed by atoms with E-state index in [2.05, 4.69) is 5.10 Å². The molecule has 1 saturated heterocycles. The summed E-state index contributed by atoms with van der Waals surface area (Å²) < 4.78 is 1.78. The van der Waals surface area contributed by atoms with Gasteiger partial charge in [0.05, 0.1) is 6.04 Å². The van der Waals surface area contributed by atoms with Crippen LogP contribution in [-0.4, -0.2) is 51.4 Å². The Balaban J connectivity index is 1.76. The first-order valence-corrected chi connectivity index (χ1v) is 6.83. The van der Waals surface area contributed by atoms with Gasteiger partial charge in [0.15, 0.2) is 0 Å². The van der Waals surface area contributed by atoms with Crippen molar-refractivity contribution in [3.05, 3.63) is 18.5 Å². The molecule has 3 N–H and O–H groups in total. The third-order valence-electron chi connectivity index (χ3n) is 3.73. The lowest BCUT2D eigenvalue weighted by Crippen LogP contribution is -2.47. The summed E-state index contributed by atoms with van der Waals surface area (Å²) in [4.78, 5) is 14.0. The van der Waals surface area contributed by atoms with Crippen LogP contribution in [0, 0.1) is 5.92 Å². The van der Waals surface area contributed by atoms with Gasteiger partial charge in [-0.25, -0.2) is 0 Å². The molecular formula is C13H22N4O2. The van der Waals surface area contributed by atoms with Crippen molar-refractivity contribution in [2.24, 2.45) is 11.7 Å². The summed E-state index contributed by atoms with van der Waals surface area (Å²) in [6.45, 7) is 2.29. The van der Waals surface area contributed by atoms with E-state index in [0.29, 0.717) is 32.0 Å². The van der Waals surface area contributed by atoms with E-state index in [0.717, 1.165) is 12.8 Å². The second kappa shape index (κ2) is 6.68. The molecule has 1 amide bonds. The van der Waals surface area contributed by atoms with Gasteiger partial charge in [-0.3, -0.25) is 9.48 Å². The van der Waals surface area contributed by atoms with Crippen LogP contribution in [-0.2, 0) is 11.3 Å². The molecule has 1 aromatic heterocycles. The van der Waals surface area contributed by atoms with Crippen molar-refractivity contribution in [2.45, 2.75) is 31.8 Å². The van der Waals surface area contributed by atoms with Crippen LogP contribution in [0.25, 0.3) is 0 Å². The number of hydrogen-bond acceptors (Lipinski definition) is 4. The molecule has 0 bridgehead atoms. The Morgan fingerprint density at radius 2 is 2.21 bits per heavy atom. The van der Waals surface area contributed by atoms with E-state index in [-0.39, 0.29) is 12.5 Å². The van der Waals surface area contributed by atoms with E-state index >= 15 is 0 Å². The number of aliphatic hydroxyl groups excluding tert-OH is 1. The first-order chi connectivity index (χ1) is 9.20. The molecule has 6 heteroatoms. The lowest BCUT2D eigenvalue weighted by molar-refractivity contribution is -0.134. The van der Waals surface area contributed by atoms with Gasteiger partial charge in [0, 0.05) is 38.6 Å². The van der Waals surface area contributed by atoms with Crippen LogP contribution >= 0.6 is 0 Å². The monoisotopic (exact) mass is 266 g/mol. The maximum absolute atomic E-state index is 12.2. The number of hydrogen-bond donors (Lipinski definition) is 2. The molecule has 1 atom stereocenters. The Bertz CT molecular complexity index is 385. The molecular weight excluding hydrogens is 244 g/mol. The standard InChI is InChI=1S/C13H22N4O2/c14-12(4-9-17-6-1-5-15-17)13(19)16-7-2-11(10-18)3-8-16/h1,5-6,11-12,18H,2-4,7-10,14H2. The highest BCUT2D eigenvalue weighted by molar-refractivity contribution is 5.81. The second-order valence-electron chi connectivity index (χ2n) is 5.12. The fourth-order valence-electron chi connectivity index (χ4n) is 2.40. The summed E-state index contributed by atoms with van der Waals surface area (Å²) in [7, 11) is 0. The average molecular weight is 266 g/mol. The predicted octanol–water partition coefficient (Wildman–Crippen LogP) is -0.169. The Hall–Kier alpha value is -1.40. The SMILES string of the molecule is NC(CCn1cccn1)C(=O)N1CCC(CO)CC1. The molecule has 1 aliphatic heterocycles. The zero-order chi connectivity index (χ0) is 13.7. The number of aliphatic hydroxyl groups is 1. The van der Waals surface area contributed by atoms with Crippen LogP contribution in [0.15, 0.2) is 18.5 Å². The molecule has 1 aromatic rings. The lowest BCUT2D eigenvalue weighted by atomic mass is 9.97. The molecule has 0 spiro atoms. The third-order valence-corrected chi connectivity index (χ3v) is 3.73. The maximum Gasteiger partial charge on any atom is 0.239 e. The first kappa shape index (κ1) is 14.0. The first-order valence-electron chi connectivity index (χ1n) is 6.83. The Kier molecular flexibility index (Phi) is 4.93. The summed E-state index contributed by atoms with van der Waals surface area (Å²) in [6.07, 6.45) is 5.92. The number of likely N-dealkylation sites (tertiary alicyclic amines) is 1. The average Bonchev–Trinajstić information content (AvgIpc) is 2.97. The normalized spacial score (nSPS) is 18.5. The van der Waals surface area contributed by atoms with Gasteiger partial charge in [0.1, 0.15) is 0 Å². The van der Waals surface area contributed by atoms with Gasteiger partial charge >= 0.3 is 0 Å². The molecule has 2 rings (SSSR count). The highest BCUT2D eigenvalue weighted by Crippen LogP contribution is 2.17. The summed E-state index contributed by atoms with van der Waals surface area (Å²) in [6, 6.07) is 1.39. The fourth-order valence-corrected chi connectivity index (χ4v) is 2.40. The van der Waals surface area contributed by atoms with E-state index in [1.807, 2.05) is 17.2 Å². The van der Waals surface area contributed by atoms with Gasteiger partial charge in [0.25, 0.3) is 0 Å². The Morgan fingerprint density at radius 3 is 2.79 bits per heavy atom. The molecule has 0 aliphatic carbocycles. The largest absolute Gasteiger partial charge is 0.396 e. The molecule has 1 fully saturated rings. The number of rotatable bonds is 5. The summed E-state index contributed by atoms with van der Waals surface area (Å²) in [5, 5.41) is 13.2. The Labute approximate surface area is 113 Å². The molecule has 6 nitrogen and oxygen atoms in total. The number of piperidine rings is 1. The van der Waals surface area contributed by atoms with Crippen LogP contribution in [0.2, 0.25) is 0 Å². The van der Waals surface area contributed by atoms with Crippen LogP contribution in [0.3, 0.4) is 0 Å². The molecule has 0 aromatic carbocycles. The topological polar surface area (TPSA) is 84.4 Å². The van der Waals surface area contributed by atoms with Crippen molar-refractivity contribution >= 4 is 5.91 Å². The lowest BCUT2D eigenvalue weighted by Gasteiger charge is -2.32. The van der Waals surface area contributed by atoms with E-state index in [1.165, 1.54) is 0 Å². The summed E-state index contributed by atoms with van der Waals surface area (Å²) in [5.41, 5.74) is 5.95. The van der Waals surface area contributed by atoms with Gasteiger partial charge in [-0.15, -0.1) is 0 Å². The number of amides is 1. The van der Waals surface area contributed by atoms with Crippen LogP contribution < -0.4 is 5.73 Å². The number of carbonyl (C=O) groups is 1. The Morgan fingerprint density at radius 1 is 1.47 bits per heavy atom. The molecule has 106 valence electrons. The molecule has 1 unspecified atom stereocenters. The van der Waals surface area contributed by atoms with Crippen molar-refractivity contribution in [2.75, 3.05) is 19.7 Å². The molecule has 1 aliphatic rings. The number of carbonyl (C=O) groups excluding carboxylic acids is 1. The maximum atomic E-state index is 12.2. The highest BCUT2D eigenvalue weighted by Gasteiger charge is 2.25. The van der Waals surface area contributed by atoms with E-state index < -0.39 is 6.04 Å². The van der Waals surface area contributed by atoms with E-state index in [9.17, 15) is 4.79 Å². The quantitative estimate of drug-likeness (QED) is 0.775. The number of aryl methyl sites for hydroxylation is 1. The molecule has 0 radical (unpaired) electrons. The van der Waals surface area contributed by atoms with Crippen molar-refractivity contribution in [3.63, 3.8) is 0 Å². The number of nitrogens with zero attached hydrogens (tertiary/aromatic N) is 3. The zero-order valence-electron chi connectivity index (χ0n) is 11.1. The zero-order valence-corrected chi connectivity index (χ0v) is 11.1. The van der Waals surface area contributed by atoms with Crippen LogP contribution in [0.4, 0.5) is 0 Å². The molecule has 2 heterocycles. The summed E-state index contributed by atoms with van der Waals surface area (Å²) in [5.74, 6) is 0.355. The van der Waals surface area contributed by atoms with Crippen molar-refractivity contribution < 1.29 is 9.90 Å². The van der Waals surface area contributed by atoms with Crippen LogP contribution in [0.1, 0.15) is 19.3 Å². The van der Waals surface area contributed by atoms with Gasteiger partial charge in [-0.2, -0.15) is 5.10 Å². The van der Waals surface area contributed by atoms with Gasteiger partial charge in [-0.1, -0.05) is 0 Å². The number of aromatic nitrogens is 2. The minimum atomic E-state index is -0.463. The summed E-state index contributed by atoms with van der Waals surface area (Å²) >= 11 is 0. The van der Waals surface area contributed by atoms with E-state index in [1.54, 1.807) is 10.9 Å². The molecule has 0 saturated carbocycles. The number of nitrogens with two attached hydrogens (primary N) is 1. The third kappa shape index (κ3) is 3.78. The van der Waals surface area contributed by atoms with Crippen molar-refractivity contribution in [1.29, 1.82) is 0 Å².